The fourth-order valence-corrected chi connectivity index (χ4v) is 3.57. The number of hydrogen-bond acceptors (Lipinski definition) is 4. The van der Waals surface area contributed by atoms with Crippen LogP contribution in [0, 0.1) is 6.92 Å². The van der Waals surface area contributed by atoms with Crippen molar-refractivity contribution in [2.24, 2.45) is 0 Å². The number of amides is 4. The Balaban J connectivity index is 1.76. The number of imide groups is 1. The Kier molecular flexibility index (Phi) is 6.75. The minimum absolute atomic E-state index is 0.262. The van der Waals surface area contributed by atoms with Gasteiger partial charge in [-0.05, 0) is 39.1 Å². The lowest BCUT2D eigenvalue weighted by molar-refractivity contribution is -0.139. The molecule has 0 saturated carbocycles. The zero-order valence-corrected chi connectivity index (χ0v) is 18.6. The molecule has 1 saturated heterocycles. The van der Waals surface area contributed by atoms with Crippen molar-refractivity contribution in [3.63, 3.8) is 0 Å². The van der Waals surface area contributed by atoms with E-state index in [-0.39, 0.29) is 12.5 Å². The quantitative estimate of drug-likeness (QED) is 0.663. The molecule has 1 aliphatic heterocycles. The lowest BCUT2D eigenvalue weighted by Gasteiger charge is -2.27. The fourth-order valence-electron chi connectivity index (χ4n) is 3.57. The number of carbonyl (C=O) groups excluding carboxylic acids is 3. The van der Waals surface area contributed by atoms with Crippen LogP contribution >= 0.6 is 0 Å². The standard InChI is InChI=1S/C24H30N4O3/c1-18-10-12-20(13-11-18)24(2)22(30)28(23(31)25-24)17-21(29)27(15-14-26(3)4)16-19-8-6-5-7-9-19/h5-13H,14-17H2,1-4H3,(H,25,31). The Hall–Kier alpha value is -3.19. The van der Waals surface area contributed by atoms with Crippen LogP contribution in [0.25, 0.3) is 0 Å². The maximum atomic E-state index is 13.2. The fraction of sp³-hybridized carbons (Fsp3) is 0.375. The van der Waals surface area contributed by atoms with E-state index in [4.69, 9.17) is 0 Å². The lowest BCUT2D eigenvalue weighted by Crippen LogP contribution is -2.45. The maximum absolute atomic E-state index is 13.2. The smallest absolute Gasteiger partial charge is 0.325 e. The number of likely N-dealkylation sites (N-methyl/N-ethyl adjacent to an activating group) is 1. The van der Waals surface area contributed by atoms with Crippen LogP contribution in [0.1, 0.15) is 23.6 Å². The number of urea groups is 1. The van der Waals surface area contributed by atoms with Gasteiger partial charge in [-0.3, -0.25) is 14.5 Å². The first kappa shape index (κ1) is 22.5. The topological polar surface area (TPSA) is 73.0 Å². The van der Waals surface area contributed by atoms with Gasteiger partial charge in [0.25, 0.3) is 5.91 Å². The molecule has 0 radical (unpaired) electrons. The van der Waals surface area contributed by atoms with Gasteiger partial charge >= 0.3 is 6.03 Å². The largest absolute Gasteiger partial charge is 0.336 e. The number of nitrogens with one attached hydrogen (secondary N) is 1. The van der Waals surface area contributed by atoms with Crippen LogP contribution in [0.4, 0.5) is 4.79 Å². The molecule has 2 aromatic carbocycles. The van der Waals surface area contributed by atoms with E-state index in [9.17, 15) is 14.4 Å². The summed E-state index contributed by atoms with van der Waals surface area (Å²) in [4.78, 5) is 43.6. The first-order valence-electron chi connectivity index (χ1n) is 10.4. The highest BCUT2D eigenvalue weighted by molar-refractivity contribution is 6.09. The number of carbonyl (C=O) groups is 3. The SMILES string of the molecule is Cc1ccc(C2(C)NC(=O)N(CC(=O)N(CCN(C)C)Cc3ccccc3)C2=O)cc1. The van der Waals surface area contributed by atoms with Crippen LogP contribution in [-0.2, 0) is 21.7 Å². The first-order chi connectivity index (χ1) is 14.7. The van der Waals surface area contributed by atoms with Gasteiger partial charge in [0, 0.05) is 19.6 Å². The molecule has 1 unspecified atom stereocenters. The van der Waals surface area contributed by atoms with E-state index in [0.29, 0.717) is 25.2 Å². The van der Waals surface area contributed by atoms with E-state index in [1.54, 1.807) is 11.8 Å². The minimum atomic E-state index is -1.18. The Labute approximate surface area is 183 Å². The predicted octanol–water partition coefficient (Wildman–Crippen LogP) is 2.35. The van der Waals surface area contributed by atoms with Crippen LogP contribution in [0.3, 0.4) is 0 Å². The summed E-state index contributed by atoms with van der Waals surface area (Å²) in [6, 6.07) is 16.6. The molecule has 4 amide bonds. The Bertz CT molecular complexity index is 943. The molecule has 0 spiro atoms. The van der Waals surface area contributed by atoms with Crippen LogP contribution < -0.4 is 5.32 Å². The Morgan fingerprint density at radius 3 is 2.26 bits per heavy atom. The number of aryl methyl sites for hydroxylation is 1. The summed E-state index contributed by atoms with van der Waals surface area (Å²) >= 11 is 0. The molecule has 1 heterocycles. The zero-order chi connectivity index (χ0) is 22.6. The highest BCUT2D eigenvalue weighted by atomic mass is 16.2. The molecule has 3 rings (SSSR count). The van der Waals surface area contributed by atoms with Gasteiger partial charge < -0.3 is 15.1 Å². The number of hydrogen-bond donors (Lipinski definition) is 1. The monoisotopic (exact) mass is 422 g/mol. The van der Waals surface area contributed by atoms with Gasteiger partial charge in [-0.25, -0.2) is 4.79 Å². The molecule has 0 aliphatic carbocycles. The summed E-state index contributed by atoms with van der Waals surface area (Å²) in [7, 11) is 3.88. The van der Waals surface area contributed by atoms with Crippen molar-refractivity contribution in [2.45, 2.75) is 25.9 Å². The second-order valence-corrected chi connectivity index (χ2v) is 8.42. The molecular formula is C24H30N4O3. The van der Waals surface area contributed by atoms with Crippen LogP contribution in [0.5, 0.6) is 0 Å². The molecule has 164 valence electrons. The highest BCUT2D eigenvalue weighted by Crippen LogP contribution is 2.29. The van der Waals surface area contributed by atoms with Gasteiger partial charge in [0.05, 0.1) is 0 Å². The second kappa shape index (κ2) is 9.31. The van der Waals surface area contributed by atoms with Crippen molar-refractivity contribution in [2.75, 3.05) is 33.7 Å². The average Bonchev–Trinajstić information content (AvgIpc) is 2.96. The van der Waals surface area contributed by atoms with Gasteiger partial charge in [0.15, 0.2) is 0 Å². The number of benzene rings is 2. The molecular weight excluding hydrogens is 392 g/mol. The predicted molar refractivity (Wildman–Crippen MR) is 119 cm³/mol. The lowest BCUT2D eigenvalue weighted by atomic mass is 9.91. The van der Waals surface area contributed by atoms with Gasteiger partial charge in [-0.1, -0.05) is 60.2 Å². The molecule has 1 atom stereocenters. The Morgan fingerprint density at radius 1 is 1.00 bits per heavy atom. The summed E-state index contributed by atoms with van der Waals surface area (Å²) in [5.74, 6) is -0.677. The summed E-state index contributed by atoms with van der Waals surface area (Å²) in [5.41, 5.74) is 1.57. The van der Waals surface area contributed by atoms with Gasteiger partial charge in [-0.15, -0.1) is 0 Å². The van der Waals surface area contributed by atoms with E-state index in [0.717, 1.165) is 16.0 Å². The number of rotatable bonds is 8. The normalized spacial score (nSPS) is 18.4. The minimum Gasteiger partial charge on any atom is -0.336 e. The van der Waals surface area contributed by atoms with Crippen molar-refractivity contribution >= 4 is 17.8 Å². The summed E-state index contributed by atoms with van der Waals surface area (Å²) in [5, 5.41) is 2.77. The van der Waals surface area contributed by atoms with Crippen LogP contribution in [0.15, 0.2) is 54.6 Å². The van der Waals surface area contributed by atoms with Gasteiger partial charge in [0.2, 0.25) is 5.91 Å². The molecule has 1 N–H and O–H groups in total. The third kappa shape index (κ3) is 5.11. The molecule has 1 aliphatic rings. The van der Waals surface area contributed by atoms with E-state index in [1.165, 1.54) is 0 Å². The highest BCUT2D eigenvalue weighted by Gasteiger charge is 2.49. The number of nitrogens with zero attached hydrogens (tertiary/aromatic N) is 3. The Morgan fingerprint density at radius 2 is 1.65 bits per heavy atom. The van der Waals surface area contributed by atoms with Crippen molar-refractivity contribution < 1.29 is 14.4 Å². The van der Waals surface area contributed by atoms with Gasteiger partial charge in [0.1, 0.15) is 12.1 Å². The van der Waals surface area contributed by atoms with E-state index < -0.39 is 17.5 Å². The van der Waals surface area contributed by atoms with Crippen molar-refractivity contribution in [1.29, 1.82) is 0 Å². The molecule has 2 aromatic rings. The van der Waals surface area contributed by atoms with Crippen molar-refractivity contribution in [3.8, 4) is 0 Å². The average molecular weight is 423 g/mol. The van der Waals surface area contributed by atoms with Crippen LogP contribution in [0.2, 0.25) is 0 Å². The summed E-state index contributed by atoms with van der Waals surface area (Å²) in [6.45, 7) is 4.95. The second-order valence-electron chi connectivity index (χ2n) is 8.42. The first-order valence-corrected chi connectivity index (χ1v) is 10.4. The van der Waals surface area contributed by atoms with Crippen molar-refractivity contribution in [1.82, 2.24) is 20.0 Å². The van der Waals surface area contributed by atoms with E-state index >= 15 is 0 Å². The maximum Gasteiger partial charge on any atom is 0.325 e. The third-order valence-electron chi connectivity index (χ3n) is 5.58. The molecule has 0 bridgehead atoms. The van der Waals surface area contributed by atoms with Crippen molar-refractivity contribution in [3.05, 3.63) is 71.3 Å². The van der Waals surface area contributed by atoms with E-state index in [1.807, 2.05) is 80.5 Å². The summed E-state index contributed by atoms with van der Waals surface area (Å²) < 4.78 is 0. The molecule has 31 heavy (non-hydrogen) atoms. The third-order valence-corrected chi connectivity index (χ3v) is 5.58. The zero-order valence-electron chi connectivity index (χ0n) is 18.6. The molecule has 7 heteroatoms. The van der Waals surface area contributed by atoms with E-state index in [2.05, 4.69) is 5.32 Å². The van der Waals surface area contributed by atoms with Gasteiger partial charge in [-0.2, -0.15) is 0 Å². The molecule has 7 nitrogen and oxygen atoms in total. The molecule has 1 fully saturated rings. The summed E-state index contributed by atoms with van der Waals surface area (Å²) in [6.07, 6.45) is 0. The van der Waals surface area contributed by atoms with Crippen LogP contribution in [-0.4, -0.2) is 66.3 Å². The molecule has 0 aromatic heterocycles.